The minimum absolute atomic E-state index is 0.199. The topological polar surface area (TPSA) is 20.2 Å². The fourth-order valence-corrected chi connectivity index (χ4v) is 4.25. The lowest BCUT2D eigenvalue weighted by molar-refractivity contribution is -0.145. The SMILES string of the molecule is FC(F)(F)c1ccc2n1CCN(CC1CC1)C21CCNCC1. The van der Waals surface area contributed by atoms with E-state index < -0.39 is 11.9 Å². The summed E-state index contributed by atoms with van der Waals surface area (Å²) < 4.78 is 41.2. The predicted molar refractivity (Wildman–Crippen MR) is 77.5 cm³/mol. The number of rotatable bonds is 2. The van der Waals surface area contributed by atoms with Crippen LogP contribution in [-0.4, -0.2) is 35.6 Å². The van der Waals surface area contributed by atoms with Gasteiger partial charge in [-0.1, -0.05) is 0 Å². The van der Waals surface area contributed by atoms with Gasteiger partial charge in [0.25, 0.3) is 0 Å². The summed E-state index contributed by atoms with van der Waals surface area (Å²) in [7, 11) is 0. The van der Waals surface area contributed by atoms with Crippen molar-refractivity contribution in [1.29, 1.82) is 0 Å². The van der Waals surface area contributed by atoms with Crippen molar-refractivity contribution < 1.29 is 13.2 Å². The lowest BCUT2D eigenvalue weighted by Crippen LogP contribution is -2.57. The Hall–Kier alpha value is -1.01. The van der Waals surface area contributed by atoms with Crippen LogP contribution in [0.1, 0.15) is 37.1 Å². The van der Waals surface area contributed by atoms with Gasteiger partial charge in [-0.3, -0.25) is 4.90 Å². The van der Waals surface area contributed by atoms with Gasteiger partial charge in [0.2, 0.25) is 0 Å². The Morgan fingerprint density at radius 2 is 1.86 bits per heavy atom. The molecule has 122 valence electrons. The summed E-state index contributed by atoms with van der Waals surface area (Å²) in [6.45, 7) is 4.01. The van der Waals surface area contributed by atoms with E-state index in [1.165, 1.54) is 23.5 Å². The molecule has 1 aromatic heterocycles. The van der Waals surface area contributed by atoms with Gasteiger partial charge in [-0.15, -0.1) is 0 Å². The van der Waals surface area contributed by atoms with Crippen LogP contribution in [-0.2, 0) is 18.3 Å². The van der Waals surface area contributed by atoms with E-state index in [4.69, 9.17) is 0 Å². The first-order valence-electron chi connectivity index (χ1n) is 8.24. The average Bonchev–Trinajstić information content (AvgIpc) is 3.17. The molecule has 0 unspecified atom stereocenters. The Labute approximate surface area is 128 Å². The Bertz CT molecular complexity index is 553. The second-order valence-corrected chi connectivity index (χ2v) is 6.92. The van der Waals surface area contributed by atoms with Crippen molar-refractivity contribution in [3.8, 4) is 0 Å². The van der Waals surface area contributed by atoms with E-state index >= 15 is 0 Å². The standard InChI is InChI=1S/C16H22F3N3/c17-16(18,19)14-4-3-13-15(5-7-20-8-6-15)21(9-10-22(13)14)11-12-1-2-12/h3-4,12,20H,1-2,5-11H2. The normalized spacial score (nSPS) is 25.4. The maximum absolute atomic E-state index is 13.2. The van der Waals surface area contributed by atoms with E-state index in [-0.39, 0.29) is 5.54 Å². The molecule has 0 radical (unpaired) electrons. The van der Waals surface area contributed by atoms with Crippen LogP contribution >= 0.6 is 0 Å². The number of hydrogen-bond donors (Lipinski definition) is 1. The molecule has 0 aromatic carbocycles. The van der Waals surface area contributed by atoms with Gasteiger partial charge in [-0.25, -0.2) is 0 Å². The highest BCUT2D eigenvalue weighted by Gasteiger charge is 2.48. The van der Waals surface area contributed by atoms with Crippen molar-refractivity contribution in [3.63, 3.8) is 0 Å². The van der Waals surface area contributed by atoms with Gasteiger partial charge in [0, 0.05) is 25.3 Å². The number of halogens is 3. The number of aromatic nitrogens is 1. The largest absolute Gasteiger partial charge is 0.431 e. The van der Waals surface area contributed by atoms with Crippen LogP contribution in [0.5, 0.6) is 0 Å². The zero-order valence-electron chi connectivity index (χ0n) is 12.6. The second kappa shape index (κ2) is 4.99. The summed E-state index contributed by atoms with van der Waals surface area (Å²) >= 11 is 0. The molecule has 3 aliphatic rings. The Kier molecular flexibility index (Phi) is 3.31. The molecule has 4 rings (SSSR count). The molecular weight excluding hydrogens is 291 g/mol. The van der Waals surface area contributed by atoms with Crippen LogP contribution in [0.15, 0.2) is 12.1 Å². The molecule has 6 heteroatoms. The van der Waals surface area contributed by atoms with Crippen molar-refractivity contribution >= 4 is 0 Å². The van der Waals surface area contributed by atoms with Crippen molar-refractivity contribution in [2.24, 2.45) is 5.92 Å². The summed E-state index contributed by atoms with van der Waals surface area (Å²) in [4.78, 5) is 2.49. The predicted octanol–water partition coefficient (Wildman–Crippen LogP) is 2.81. The van der Waals surface area contributed by atoms with Gasteiger partial charge < -0.3 is 9.88 Å². The Morgan fingerprint density at radius 3 is 2.50 bits per heavy atom. The third kappa shape index (κ3) is 2.27. The zero-order valence-corrected chi connectivity index (χ0v) is 12.6. The summed E-state index contributed by atoms with van der Waals surface area (Å²) in [6, 6.07) is 3.01. The molecule has 1 saturated carbocycles. The van der Waals surface area contributed by atoms with Crippen LogP contribution < -0.4 is 5.32 Å². The molecule has 1 saturated heterocycles. The minimum Gasteiger partial charge on any atom is -0.338 e. The summed E-state index contributed by atoms with van der Waals surface area (Å²) in [5.41, 5.74) is 0.204. The van der Waals surface area contributed by atoms with E-state index in [0.717, 1.165) is 50.6 Å². The van der Waals surface area contributed by atoms with Crippen molar-refractivity contribution in [3.05, 3.63) is 23.5 Å². The first-order valence-corrected chi connectivity index (χ1v) is 8.24. The van der Waals surface area contributed by atoms with Gasteiger partial charge in [0.15, 0.2) is 0 Å². The highest BCUT2D eigenvalue weighted by atomic mass is 19.4. The molecule has 0 amide bonds. The molecule has 2 aliphatic heterocycles. The number of piperidine rings is 1. The molecule has 0 atom stereocenters. The molecule has 3 nitrogen and oxygen atoms in total. The number of nitrogens with zero attached hydrogens (tertiary/aromatic N) is 2. The van der Waals surface area contributed by atoms with E-state index in [1.54, 1.807) is 6.07 Å². The fraction of sp³-hybridized carbons (Fsp3) is 0.750. The maximum Gasteiger partial charge on any atom is 0.431 e. The summed E-state index contributed by atoms with van der Waals surface area (Å²) in [6.07, 6.45) is 0.104. The number of hydrogen-bond acceptors (Lipinski definition) is 2. The minimum atomic E-state index is -4.26. The smallest absolute Gasteiger partial charge is 0.338 e. The molecule has 2 fully saturated rings. The number of fused-ring (bicyclic) bond motifs is 2. The van der Waals surface area contributed by atoms with E-state index in [0.29, 0.717) is 6.54 Å². The van der Waals surface area contributed by atoms with Crippen LogP contribution in [0.3, 0.4) is 0 Å². The molecule has 1 N–H and O–H groups in total. The molecule has 22 heavy (non-hydrogen) atoms. The summed E-state index contributed by atoms with van der Waals surface area (Å²) in [5, 5.41) is 3.36. The van der Waals surface area contributed by atoms with Gasteiger partial charge in [-0.05, 0) is 56.8 Å². The third-order valence-corrected chi connectivity index (χ3v) is 5.55. The fourth-order valence-electron chi connectivity index (χ4n) is 4.25. The van der Waals surface area contributed by atoms with Gasteiger partial charge in [0.05, 0.1) is 5.54 Å². The quantitative estimate of drug-likeness (QED) is 0.906. The molecule has 1 spiro atoms. The van der Waals surface area contributed by atoms with Gasteiger partial charge in [-0.2, -0.15) is 13.2 Å². The van der Waals surface area contributed by atoms with Gasteiger partial charge in [0.1, 0.15) is 5.69 Å². The van der Waals surface area contributed by atoms with Crippen LogP contribution in [0.4, 0.5) is 13.2 Å². The van der Waals surface area contributed by atoms with E-state index in [1.807, 2.05) is 0 Å². The lowest BCUT2D eigenvalue weighted by Gasteiger charge is -2.50. The molecule has 1 aliphatic carbocycles. The molecular formula is C16H22F3N3. The van der Waals surface area contributed by atoms with Gasteiger partial charge >= 0.3 is 6.18 Å². The summed E-state index contributed by atoms with van der Waals surface area (Å²) in [5.74, 6) is 0.760. The first kappa shape index (κ1) is 14.6. The monoisotopic (exact) mass is 313 g/mol. The van der Waals surface area contributed by atoms with E-state index in [2.05, 4.69) is 10.2 Å². The Balaban J connectivity index is 1.74. The van der Waals surface area contributed by atoms with Crippen LogP contribution in [0.25, 0.3) is 0 Å². The highest BCUT2D eigenvalue weighted by Crippen LogP contribution is 2.45. The van der Waals surface area contributed by atoms with E-state index in [9.17, 15) is 13.2 Å². The molecule has 0 bridgehead atoms. The van der Waals surface area contributed by atoms with Crippen molar-refractivity contribution in [1.82, 2.24) is 14.8 Å². The number of alkyl halides is 3. The molecule has 1 aromatic rings. The Morgan fingerprint density at radius 1 is 1.14 bits per heavy atom. The molecule has 3 heterocycles. The lowest BCUT2D eigenvalue weighted by atomic mass is 9.81. The third-order valence-electron chi connectivity index (χ3n) is 5.55. The van der Waals surface area contributed by atoms with Crippen molar-refractivity contribution in [2.75, 3.05) is 26.2 Å². The highest BCUT2D eigenvalue weighted by molar-refractivity contribution is 5.28. The first-order chi connectivity index (χ1) is 10.5. The second-order valence-electron chi connectivity index (χ2n) is 6.92. The number of nitrogens with one attached hydrogen (secondary N) is 1. The van der Waals surface area contributed by atoms with Crippen molar-refractivity contribution in [2.45, 2.75) is 43.9 Å². The average molecular weight is 313 g/mol. The van der Waals surface area contributed by atoms with Crippen LogP contribution in [0, 0.1) is 5.92 Å². The maximum atomic E-state index is 13.2. The van der Waals surface area contributed by atoms with Crippen LogP contribution in [0.2, 0.25) is 0 Å². The zero-order chi connectivity index (χ0) is 15.4.